The summed E-state index contributed by atoms with van der Waals surface area (Å²) < 4.78 is 14.2. The molecule has 0 fully saturated rings. The first-order chi connectivity index (χ1) is 11.2. The molecule has 0 unspecified atom stereocenters. The Bertz CT molecular complexity index is 872. The minimum absolute atomic E-state index is 0.0550. The molecule has 0 saturated heterocycles. The van der Waals surface area contributed by atoms with Gasteiger partial charge in [-0.25, -0.2) is 4.39 Å². The molecule has 24 heavy (non-hydrogen) atoms. The van der Waals surface area contributed by atoms with Crippen LogP contribution >= 0.6 is 15.9 Å². The van der Waals surface area contributed by atoms with Crippen molar-refractivity contribution in [2.45, 2.75) is 6.92 Å². The molecule has 2 aromatic rings. The summed E-state index contributed by atoms with van der Waals surface area (Å²) in [7, 11) is 0. The Morgan fingerprint density at radius 2 is 1.83 bits per heavy atom. The molecule has 1 N–H and O–H groups in total. The van der Waals surface area contributed by atoms with E-state index in [0.717, 1.165) is 18.2 Å². The molecule has 0 radical (unpaired) electrons. The normalized spacial score (nSPS) is 10.3. The highest BCUT2D eigenvalue weighted by Crippen LogP contribution is 2.29. The number of carbonyl (C=O) groups is 1. The van der Waals surface area contributed by atoms with Gasteiger partial charge in [0.15, 0.2) is 0 Å². The van der Waals surface area contributed by atoms with Crippen LogP contribution in [0.3, 0.4) is 0 Å². The van der Waals surface area contributed by atoms with Crippen molar-refractivity contribution in [1.29, 1.82) is 0 Å². The zero-order valence-electron chi connectivity index (χ0n) is 12.1. The summed E-state index contributed by atoms with van der Waals surface area (Å²) in [6, 6.07) is 5.58. The van der Waals surface area contributed by atoms with Gasteiger partial charge >= 0.3 is 0 Å². The Morgan fingerprint density at radius 1 is 1.17 bits per heavy atom. The summed E-state index contributed by atoms with van der Waals surface area (Å²) in [6.07, 6.45) is 0. The molecule has 0 heterocycles. The van der Waals surface area contributed by atoms with Crippen LogP contribution in [-0.4, -0.2) is 15.8 Å². The van der Waals surface area contributed by atoms with E-state index in [2.05, 4.69) is 21.2 Å². The van der Waals surface area contributed by atoms with E-state index in [1.807, 2.05) is 0 Å². The molecule has 2 aromatic carbocycles. The number of nitro benzene ring substituents is 2. The molecule has 124 valence electrons. The average molecular weight is 398 g/mol. The summed E-state index contributed by atoms with van der Waals surface area (Å²) >= 11 is 3.07. The van der Waals surface area contributed by atoms with Crippen LogP contribution in [0, 0.1) is 33.0 Å². The lowest BCUT2D eigenvalue weighted by Crippen LogP contribution is -2.15. The number of anilines is 1. The smallest absolute Gasteiger partial charge is 0.279 e. The standard InChI is InChI=1S/C14H9BrFN3O5/c1-7-10(5-9(18(21)22)6-13(7)19(23)24)14(20)17-12-3-2-8(15)4-11(12)16/h2-6H,1H3,(H,17,20). The third-order valence-electron chi connectivity index (χ3n) is 3.20. The van der Waals surface area contributed by atoms with Crippen molar-refractivity contribution < 1.29 is 19.0 Å². The van der Waals surface area contributed by atoms with Crippen molar-refractivity contribution in [3.63, 3.8) is 0 Å². The van der Waals surface area contributed by atoms with Crippen LogP contribution in [0.25, 0.3) is 0 Å². The highest BCUT2D eigenvalue weighted by molar-refractivity contribution is 9.10. The zero-order chi connectivity index (χ0) is 18.0. The molecular weight excluding hydrogens is 389 g/mol. The molecule has 0 saturated carbocycles. The number of rotatable bonds is 4. The van der Waals surface area contributed by atoms with Gasteiger partial charge in [0.25, 0.3) is 17.3 Å². The van der Waals surface area contributed by atoms with Gasteiger partial charge in [-0.2, -0.15) is 0 Å². The molecule has 0 aromatic heterocycles. The lowest BCUT2D eigenvalue weighted by atomic mass is 10.0. The molecule has 0 aliphatic carbocycles. The van der Waals surface area contributed by atoms with E-state index in [1.165, 1.54) is 19.1 Å². The molecule has 10 heteroatoms. The fourth-order valence-electron chi connectivity index (χ4n) is 2.00. The van der Waals surface area contributed by atoms with Crippen molar-refractivity contribution in [2.24, 2.45) is 0 Å². The van der Waals surface area contributed by atoms with Gasteiger partial charge in [0.05, 0.1) is 27.2 Å². The van der Waals surface area contributed by atoms with Crippen LogP contribution in [-0.2, 0) is 0 Å². The Balaban J connectivity index is 2.48. The minimum atomic E-state index is -0.888. The number of nitrogens with zero attached hydrogens (tertiary/aromatic N) is 2. The number of halogens is 2. The summed E-state index contributed by atoms with van der Waals surface area (Å²) in [4.78, 5) is 32.5. The summed E-state index contributed by atoms with van der Waals surface area (Å²) in [5.74, 6) is -1.61. The van der Waals surface area contributed by atoms with Crippen molar-refractivity contribution >= 4 is 38.9 Å². The van der Waals surface area contributed by atoms with Crippen molar-refractivity contribution in [3.8, 4) is 0 Å². The van der Waals surface area contributed by atoms with Gasteiger partial charge in [0.1, 0.15) is 5.82 Å². The SMILES string of the molecule is Cc1c(C(=O)Nc2ccc(Br)cc2F)cc([N+](=O)[O-])cc1[N+](=O)[O-]. The molecule has 8 nitrogen and oxygen atoms in total. The maximum Gasteiger partial charge on any atom is 0.279 e. The fraction of sp³-hybridized carbons (Fsp3) is 0.0714. The Labute approximate surface area is 142 Å². The molecule has 1 amide bonds. The fourth-order valence-corrected chi connectivity index (χ4v) is 2.33. The van der Waals surface area contributed by atoms with E-state index in [4.69, 9.17) is 0 Å². The van der Waals surface area contributed by atoms with Crippen LogP contribution < -0.4 is 5.32 Å². The van der Waals surface area contributed by atoms with Crippen LogP contribution in [0.2, 0.25) is 0 Å². The maximum absolute atomic E-state index is 13.8. The highest BCUT2D eigenvalue weighted by atomic mass is 79.9. The van der Waals surface area contributed by atoms with Gasteiger partial charge < -0.3 is 5.32 Å². The van der Waals surface area contributed by atoms with Crippen LogP contribution in [0.1, 0.15) is 15.9 Å². The number of benzene rings is 2. The van der Waals surface area contributed by atoms with E-state index in [1.54, 1.807) is 0 Å². The lowest BCUT2D eigenvalue weighted by molar-refractivity contribution is -0.394. The first kappa shape index (κ1) is 17.5. The zero-order valence-corrected chi connectivity index (χ0v) is 13.7. The van der Waals surface area contributed by atoms with Crippen molar-refractivity contribution in [2.75, 3.05) is 5.32 Å². The second kappa shape index (κ2) is 6.71. The van der Waals surface area contributed by atoms with Crippen molar-refractivity contribution in [3.05, 3.63) is 72.0 Å². The lowest BCUT2D eigenvalue weighted by Gasteiger charge is -2.09. The second-order valence-electron chi connectivity index (χ2n) is 4.73. The van der Waals surface area contributed by atoms with Crippen LogP contribution in [0.5, 0.6) is 0 Å². The van der Waals surface area contributed by atoms with Gasteiger partial charge in [0, 0.05) is 16.1 Å². The summed E-state index contributed by atoms with van der Waals surface area (Å²) in [5, 5.41) is 24.2. The summed E-state index contributed by atoms with van der Waals surface area (Å²) in [6.45, 7) is 1.29. The maximum atomic E-state index is 13.8. The second-order valence-corrected chi connectivity index (χ2v) is 5.65. The van der Waals surface area contributed by atoms with Crippen LogP contribution in [0.4, 0.5) is 21.5 Å². The molecular formula is C14H9BrFN3O5. The van der Waals surface area contributed by atoms with E-state index >= 15 is 0 Å². The van der Waals surface area contributed by atoms with Gasteiger partial charge in [0.2, 0.25) is 0 Å². The number of nitro groups is 2. The number of hydrogen-bond acceptors (Lipinski definition) is 5. The van der Waals surface area contributed by atoms with Gasteiger partial charge in [-0.3, -0.25) is 25.0 Å². The molecule has 0 bridgehead atoms. The third kappa shape index (κ3) is 3.54. The number of carbonyl (C=O) groups excluding carboxylic acids is 1. The van der Waals surface area contributed by atoms with Gasteiger partial charge in [-0.15, -0.1) is 0 Å². The Morgan fingerprint density at radius 3 is 2.38 bits per heavy atom. The Kier molecular flexibility index (Phi) is 4.88. The number of hydrogen-bond donors (Lipinski definition) is 1. The Hall–Kier alpha value is -2.88. The largest absolute Gasteiger partial charge is 0.319 e. The quantitative estimate of drug-likeness (QED) is 0.618. The monoisotopic (exact) mass is 397 g/mol. The topological polar surface area (TPSA) is 115 Å². The third-order valence-corrected chi connectivity index (χ3v) is 3.69. The predicted octanol–water partition coefficient (Wildman–Crippen LogP) is 3.97. The number of amides is 1. The van der Waals surface area contributed by atoms with Gasteiger partial charge in [-0.1, -0.05) is 15.9 Å². The summed E-state index contributed by atoms with van der Waals surface area (Å²) in [5.41, 5.74) is -1.66. The minimum Gasteiger partial charge on any atom is -0.319 e. The highest BCUT2D eigenvalue weighted by Gasteiger charge is 2.25. The average Bonchev–Trinajstić information content (AvgIpc) is 2.49. The van der Waals surface area contributed by atoms with E-state index in [9.17, 15) is 29.4 Å². The van der Waals surface area contributed by atoms with E-state index in [-0.39, 0.29) is 16.8 Å². The van der Waals surface area contributed by atoms with Crippen molar-refractivity contribution in [1.82, 2.24) is 0 Å². The van der Waals surface area contributed by atoms with Crippen LogP contribution in [0.15, 0.2) is 34.8 Å². The molecule has 0 aliphatic rings. The van der Waals surface area contributed by atoms with Gasteiger partial charge in [-0.05, 0) is 25.1 Å². The first-order valence-corrected chi connectivity index (χ1v) is 7.20. The van der Waals surface area contributed by atoms with E-state index < -0.39 is 32.9 Å². The molecule has 0 atom stereocenters. The number of nitrogens with one attached hydrogen (secondary N) is 1. The van der Waals surface area contributed by atoms with E-state index in [0.29, 0.717) is 4.47 Å². The number of non-ortho nitro benzene ring substituents is 1. The first-order valence-electron chi connectivity index (χ1n) is 6.40. The molecule has 0 spiro atoms. The predicted molar refractivity (Wildman–Crippen MR) is 86.5 cm³/mol. The molecule has 0 aliphatic heterocycles. The molecule has 2 rings (SSSR count).